The van der Waals surface area contributed by atoms with Gasteiger partial charge in [0.05, 0.1) is 0 Å². The molecule has 5 N–H and O–H groups in total. The van der Waals surface area contributed by atoms with Gasteiger partial charge in [0, 0.05) is 33.6 Å². The Morgan fingerprint density at radius 3 is 1.94 bits per heavy atom. The van der Waals surface area contributed by atoms with Crippen molar-refractivity contribution in [2.45, 2.75) is 38.1 Å². The summed E-state index contributed by atoms with van der Waals surface area (Å²) in [6, 6.07) is 0.536. The molecule has 3 unspecified atom stereocenters. The van der Waals surface area contributed by atoms with Crippen molar-refractivity contribution < 1.29 is 12.2 Å². The molecule has 0 aromatic carbocycles. The standard InChI is InChI=1S/C6H13N.C4H11Cl2N2O2P/c7-6-4-2-1-3-5-6;5-1-3-8(4-2-6)11(7,9)10/h6H,1-5,7H2;1-4H2,(H3,7,9,10)/i;1T,2T,11+2. The maximum absolute atomic E-state index is 11.0. The lowest BCUT2D eigenvalue weighted by molar-refractivity contribution is 0.368. The summed E-state index contributed by atoms with van der Waals surface area (Å²) in [6.45, 7) is -0.401. The van der Waals surface area contributed by atoms with E-state index in [1.165, 1.54) is 32.1 Å². The van der Waals surface area contributed by atoms with E-state index >= 15 is 0 Å². The van der Waals surface area contributed by atoms with Crippen LogP contribution in [-0.4, -0.2) is 40.4 Å². The maximum Gasteiger partial charge on any atom is 0.338 e. The Bertz CT molecular complexity index is 292. The molecule has 0 aromatic rings. The van der Waals surface area contributed by atoms with Crippen molar-refractivity contribution >= 4 is 30.9 Å². The maximum atomic E-state index is 11.0. The number of hydrogen-bond donors (Lipinski definition) is 3. The first-order valence-electron chi connectivity index (χ1n) is 7.03. The zero-order valence-electron chi connectivity index (χ0n) is 12.3. The largest absolute Gasteiger partial charge is 0.338 e. The molecule has 0 aliphatic heterocycles. The zero-order valence-corrected chi connectivity index (χ0v) is 12.7. The molecular weight excluding hydrogens is 298 g/mol. The van der Waals surface area contributed by atoms with E-state index in [0.717, 1.165) is 4.67 Å². The van der Waals surface area contributed by atoms with Gasteiger partial charge in [0.2, 0.25) is 0 Å². The summed E-state index contributed by atoms with van der Waals surface area (Å²) >= 11 is 10.6. The molecule has 0 spiro atoms. The first kappa shape index (κ1) is 15.0. The van der Waals surface area contributed by atoms with Gasteiger partial charge < -0.3 is 10.6 Å². The minimum Gasteiger partial charge on any atom is -0.328 e. The Hall–Kier alpha value is 0.650. The summed E-state index contributed by atoms with van der Waals surface area (Å²) in [4.78, 5) is 8.95. The van der Waals surface area contributed by atoms with Crippen molar-refractivity contribution in [3.8, 4) is 0 Å². The molecule has 1 rings (SSSR count). The first-order valence-corrected chi connectivity index (χ1v) is 8.43. The molecule has 8 heteroatoms. The van der Waals surface area contributed by atoms with Gasteiger partial charge in [-0.2, -0.15) is 0 Å². The second-order valence-electron chi connectivity index (χ2n) is 4.17. The van der Waals surface area contributed by atoms with E-state index in [1.807, 2.05) is 0 Å². The van der Waals surface area contributed by atoms with Crippen molar-refractivity contribution in [2.24, 2.45) is 11.2 Å². The van der Waals surface area contributed by atoms with Gasteiger partial charge in [0.1, 0.15) is 0 Å². The molecular formula is C10H24Cl2N3O2P. The van der Waals surface area contributed by atoms with Crippen LogP contribution >= 0.6 is 30.9 Å². The lowest BCUT2D eigenvalue weighted by Gasteiger charge is -2.21. The SMILES string of the molecule is NC1CCCCC1.[3H]C(Cl)CN(CC([3H])Cl)[33P](N)(=O)O. The van der Waals surface area contributed by atoms with E-state index in [2.05, 4.69) is 0 Å². The minimum absolute atomic E-state index is 0.200. The van der Waals surface area contributed by atoms with Crippen LogP contribution in [0.15, 0.2) is 0 Å². The summed E-state index contributed by atoms with van der Waals surface area (Å²) in [5, 5.41) is 0. The second kappa shape index (κ2) is 10.4. The number of halogens is 2. The summed E-state index contributed by atoms with van der Waals surface area (Å²) in [5.41, 5.74) is 10.6. The molecule has 18 heavy (non-hydrogen) atoms. The molecule has 0 saturated heterocycles. The van der Waals surface area contributed by atoms with Gasteiger partial charge in [-0.1, -0.05) is 19.3 Å². The Balaban J connectivity index is 0.000000428. The summed E-state index contributed by atoms with van der Waals surface area (Å²) < 4.78 is 25.7. The zero-order chi connectivity index (χ0) is 15.8. The van der Waals surface area contributed by atoms with Crippen LogP contribution in [0, 0.1) is 0 Å². The number of nitrogens with two attached hydrogens (primary N) is 2. The molecule has 1 saturated carbocycles. The van der Waals surface area contributed by atoms with Crippen LogP contribution in [-0.2, 0) is 4.57 Å². The third-order valence-corrected chi connectivity index (χ3v) is 4.03. The van der Waals surface area contributed by atoms with Crippen molar-refractivity contribution in [3.05, 3.63) is 0 Å². The van der Waals surface area contributed by atoms with E-state index in [-0.39, 0.29) is 13.1 Å². The summed E-state index contributed by atoms with van der Waals surface area (Å²) in [5.74, 6) is -2.14. The van der Waals surface area contributed by atoms with Crippen LogP contribution in [0.1, 0.15) is 34.8 Å². The minimum atomic E-state index is -3.96. The normalized spacial score (nSPS) is 25.2. The Morgan fingerprint density at radius 1 is 1.28 bits per heavy atom. The predicted molar refractivity (Wildman–Crippen MR) is 78.1 cm³/mol. The topological polar surface area (TPSA) is 92.6 Å². The molecule has 0 radical (unpaired) electrons. The van der Waals surface area contributed by atoms with Crippen LogP contribution < -0.4 is 11.2 Å². The summed E-state index contributed by atoms with van der Waals surface area (Å²) in [6.07, 6.45) is 6.66. The molecule has 0 amide bonds. The molecule has 5 nitrogen and oxygen atoms in total. The van der Waals surface area contributed by atoms with Crippen LogP contribution in [0.2, 0.25) is 0 Å². The fraction of sp³-hybridized carbons (Fsp3) is 1.00. The van der Waals surface area contributed by atoms with Gasteiger partial charge in [0.25, 0.3) is 0 Å². The average molecular weight is 326 g/mol. The van der Waals surface area contributed by atoms with Gasteiger partial charge in [-0.05, 0) is 12.8 Å². The number of hydrogen-bond acceptors (Lipinski definition) is 2. The Morgan fingerprint density at radius 2 is 1.72 bits per heavy atom. The van der Waals surface area contributed by atoms with Gasteiger partial charge in [0.15, 0.2) is 0 Å². The van der Waals surface area contributed by atoms with Gasteiger partial charge in [-0.25, -0.2) is 10.2 Å². The predicted octanol–water partition coefficient (Wildman–Crippen LogP) is 2.10. The van der Waals surface area contributed by atoms with Gasteiger partial charge >= 0.3 is 7.67 Å². The third kappa shape index (κ3) is 9.56. The van der Waals surface area contributed by atoms with E-state index in [1.54, 1.807) is 0 Å². The van der Waals surface area contributed by atoms with E-state index < -0.39 is 19.4 Å². The summed E-state index contributed by atoms with van der Waals surface area (Å²) in [7, 11) is -3.96. The van der Waals surface area contributed by atoms with E-state index in [4.69, 9.17) is 42.1 Å². The third-order valence-electron chi connectivity index (χ3n) is 2.61. The van der Waals surface area contributed by atoms with Crippen LogP contribution in [0.4, 0.5) is 0 Å². The number of alkyl halides is 2. The molecule has 3 atom stereocenters. The van der Waals surface area contributed by atoms with Crippen molar-refractivity contribution in [3.63, 3.8) is 0 Å². The fourth-order valence-electron chi connectivity index (χ4n) is 1.60. The lowest BCUT2D eigenvalue weighted by Crippen LogP contribution is -2.28. The molecule has 0 aromatic heterocycles. The smallest absolute Gasteiger partial charge is 0.328 e. The van der Waals surface area contributed by atoms with Crippen molar-refractivity contribution in [2.75, 3.05) is 24.8 Å². The molecule has 1 aliphatic rings. The highest BCUT2D eigenvalue weighted by Gasteiger charge is 2.21. The molecule has 110 valence electrons. The van der Waals surface area contributed by atoms with Crippen LogP contribution in [0.3, 0.4) is 0 Å². The van der Waals surface area contributed by atoms with Gasteiger partial charge in [-0.15, -0.1) is 23.2 Å². The van der Waals surface area contributed by atoms with Gasteiger partial charge in [-0.3, -0.25) is 4.57 Å². The first-order chi connectivity index (χ1) is 9.12. The molecule has 0 heterocycles. The lowest BCUT2D eigenvalue weighted by atomic mass is 9.97. The van der Waals surface area contributed by atoms with Crippen molar-refractivity contribution in [1.82, 2.24) is 4.67 Å². The Labute approximate surface area is 122 Å². The fourth-order valence-corrected chi connectivity index (χ4v) is 2.76. The highest BCUT2D eigenvalue weighted by molar-refractivity contribution is 7.52. The molecule has 1 fully saturated rings. The monoisotopic (exact) mass is 325 g/mol. The van der Waals surface area contributed by atoms with E-state index in [0.29, 0.717) is 6.04 Å². The highest BCUT2D eigenvalue weighted by Crippen LogP contribution is 2.34. The average Bonchev–Trinajstić information content (AvgIpc) is 2.27. The quantitative estimate of drug-likeness (QED) is 0.531. The molecule has 0 bridgehead atoms. The van der Waals surface area contributed by atoms with Crippen LogP contribution in [0.5, 0.6) is 0 Å². The Kier molecular flexibility index (Phi) is 8.73. The number of rotatable bonds is 5. The molecule has 1 aliphatic carbocycles. The highest BCUT2D eigenvalue weighted by atomic mass is 35.5. The number of nitrogens with zero attached hydrogens (tertiary/aromatic N) is 1. The second-order valence-corrected chi connectivity index (χ2v) is 6.53. The van der Waals surface area contributed by atoms with Crippen LogP contribution in [0.25, 0.3) is 0 Å². The van der Waals surface area contributed by atoms with E-state index in [9.17, 15) is 4.57 Å². The van der Waals surface area contributed by atoms with Crippen molar-refractivity contribution in [1.29, 1.82) is 0 Å².